The maximum atomic E-state index is 12.4. The highest BCUT2D eigenvalue weighted by atomic mass is 19.1. The molecule has 0 bridgehead atoms. The van der Waals surface area contributed by atoms with Crippen LogP contribution in [-0.4, -0.2) is 5.91 Å². The average molecular weight is 179 g/mol. The van der Waals surface area contributed by atoms with Crippen LogP contribution in [-0.2, 0) is 11.2 Å². The lowest BCUT2D eigenvalue weighted by Gasteiger charge is -1.95. The molecule has 0 fully saturated rings. The standard InChI is InChI=1S/C8H6FN3O/c9-7-3-1-6(2-4-7)5-8(13)11-12-10/h1-4H,5H2. The zero-order valence-corrected chi connectivity index (χ0v) is 6.64. The van der Waals surface area contributed by atoms with Gasteiger partial charge in [-0.2, -0.15) is 0 Å². The van der Waals surface area contributed by atoms with Gasteiger partial charge in [0, 0.05) is 11.3 Å². The SMILES string of the molecule is [N-]=[N+]=NC(=O)Cc1ccc(F)cc1. The van der Waals surface area contributed by atoms with Crippen LogP contribution in [0.15, 0.2) is 29.4 Å². The molecule has 0 aliphatic heterocycles. The number of rotatable bonds is 2. The Morgan fingerprint density at radius 2 is 2.08 bits per heavy atom. The van der Waals surface area contributed by atoms with Crippen molar-refractivity contribution in [3.8, 4) is 0 Å². The first-order valence-electron chi connectivity index (χ1n) is 3.55. The summed E-state index contributed by atoms with van der Waals surface area (Å²) < 4.78 is 12.4. The van der Waals surface area contributed by atoms with Crippen molar-refractivity contribution < 1.29 is 9.18 Å². The first-order chi connectivity index (χ1) is 6.22. The van der Waals surface area contributed by atoms with Crippen LogP contribution in [0.3, 0.4) is 0 Å². The molecule has 1 rings (SSSR count). The number of nitrogens with zero attached hydrogens (tertiary/aromatic N) is 3. The minimum atomic E-state index is -0.575. The predicted octanol–water partition coefficient (Wildman–Crippen LogP) is 2.21. The summed E-state index contributed by atoms with van der Waals surface area (Å²) in [6.07, 6.45) is 0.00431. The van der Waals surface area contributed by atoms with Crippen molar-refractivity contribution in [2.45, 2.75) is 6.42 Å². The number of benzene rings is 1. The third-order valence-corrected chi connectivity index (χ3v) is 1.42. The number of carbonyl (C=O) groups excluding carboxylic acids is 1. The van der Waals surface area contributed by atoms with E-state index < -0.39 is 5.91 Å². The molecule has 0 atom stereocenters. The first kappa shape index (κ1) is 9.22. The monoisotopic (exact) mass is 179 g/mol. The van der Waals surface area contributed by atoms with Crippen molar-refractivity contribution >= 4 is 5.91 Å². The zero-order chi connectivity index (χ0) is 9.68. The van der Waals surface area contributed by atoms with Crippen molar-refractivity contribution in [2.24, 2.45) is 5.11 Å². The second-order valence-corrected chi connectivity index (χ2v) is 2.39. The molecule has 13 heavy (non-hydrogen) atoms. The average Bonchev–Trinajstić information content (AvgIpc) is 2.09. The quantitative estimate of drug-likeness (QED) is 0.390. The van der Waals surface area contributed by atoms with Gasteiger partial charge in [0.25, 0.3) is 0 Å². The summed E-state index contributed by atoms with van der Waals surface area (Å²) >= 11 is 0. The Labute approximate surface area is 73.6 Å². The molecule has 1 aromatic rings. The molecule has 0 aromatic heterocycles. The van der Waals surface area contributed by atoms with Crippen LogP contribution in [0.4, 0.5) is 4.39 Å². The predicted molar refractivity (Wildman–Crippen MR) is 44.3 cm³/mol. The van der Waals surface area contributed by atoms with Gasteiger partial charge in [-0.15, -0.1) is 0 Å². The Morgan fingerprint density at radius 3 is 2.62 bits per heavy atom. The molecule has 5 heteroatoms. The molecule has 0 aliphatic carbocycles. The van der Waals surface area contributed by atoms with Gasteiger partial charge in [0.15, 0.2) is 0 Å². The molecule has 1 amide bonds. The van der Waals surface area contributed by atoms with Gasteiger partial charge in [-0.3, -0.25) is 4.79 Å². The Morgan fingerprint density at radius 1 is 1.46 bits per heavy atom. The van der Waals surface area contributed by atoms with E-state index in [2.05, 4.69) is 10.0 Å². The molecule has 0 aliphatic rings. The molecule has 0 radical (unpaired) electrons. The molecule has 66 valence electrons. The van der Waals surface area contributed by atoms with Crippen molar-refractivity contribution in [1.29, 1.82) is 0 Å². The zero-order valence-electron chi connectivity index (χ0n) is 6.64. The number of hydrogen-bond acceptors (Lipinski definition) is 1. The minimum Gasteiger partial charge on any atom is -0.292 e. The van der Waals surface area contributed by atoms with Crippen LogP contribution in [0.2, 0.25) is 0 Å². The summed E-state index contributed by atoms with van der Waals surface area (Å²) in [6.45, 7) is 0. The third kappa shape index (κ3) is 2.92. The van der Waals surface area contributed by atoms with Crippen molar-refractivity contribution in [3.05, 3.63) is 46.1 Å². The largest absolute Gasteiger partial charge is 0.292 e. The molecular formula is C8H6FN3O. The van der Waals surface area contributed by atoms with Crippen molar-refractivity contribution in [3.63, 3.8) is 0 Å². The van der Waals surface area contributed by atoms with Gasteiger partial charge in [0.1, 0.15) is 5.82 Å². The van der Waals surface area contributed by atoms with E-state index in [1.807, 2.05) is 0 Å². The molecule has 0 N–H and O–H groups in total. The topological polar surface area (TPSA) is 65.8 Å². The van der Waals surface area contributed by atoms with Gasteiger partial charge in [0.2, 0.25) is 5.91 Å². The highest BCUT2D eigenvalue weighted by Gasteiger charge is 2.00. The molecule has 0 unspecified atom stereocenters. The molecule has 4 nitrogen and oxygen atoms in total. The molecule has 0 saturated carbocycles. The molecule has 0 heterocycles. The van der Waals surface area contributed by atoms with E-state index in [4.69, 9.17) is 5.53 Å². The fourth-order valence-corrected chi connectivity index (χ4v) is 0.862. The van der Waals surface area contributed by atoms with Gasteiger partial charge >= 0.3 is 0 Å². The third-order valence-electron chi connectivity index (χ3n) is 1.42. The second-order valence-electron chi connectivity index (χ2n) is 2.39. The normalized spacial score (nSPS) is 9.00. The summed E-state index contributed by atoms with van der Waals surface area (Å²) in [5.41, 5.74) is 8.56. The summed E-state index contributed by atoms with van der Waals surface area (Å²) in [6, 6.07) is 5.44. The molecule has 0 spiro atoms. The van der Waals surface area contributed by atoms with Crippen LogP contribution in [0, 0.1) is 5.82 Å². The van der Waals surface area contributed by atoms with Gasteiger partial charge in [-0.25, -0.2) is 4.39 Å². The minimum absolute atomic E-state index is 0.00431. The van der Waals surface area contributed by atoms with E-state index in [0.29, 0.717) is 5.56 Å². The van der Waals surface area contributed by atoms with Crippen molar-refractivity contribution in [2.75, 3.05) is 0 Å². The summed E-state index contributed by atoms with van der Waals surface area (Å²) in [5, 5.41) is 2.89. The van der Waals surface area contributed by atoms with E-state index in [-0.39, 0.29) is 12.2 Å². The van der Waals surface area contributed by atoms with E-state index in [0.717, 1.165) is 0 Å². The lowest BCUT2D eigenvalue weighted by molar-refractivity contribution is -0.117. The number of azide groups is 1. The summed E-state index contributed by atoms with van der Waals surface area (Å²) in [5.74, 6) is -0.936. The Kier molecular flexibility index (Phi) is 3.00. The fourth-order valence-electron chi connectivity index (χ4n) is 0.862. The number of amides is 1. The van der Waals surface area contributed by atoms with Gasteiger partial charge in [-0.1, -0.05) is 12.1 Å². The fraction of sp³-hybridized carbons (Fsp3) is 0.125. The number of hydrogen-bond donors (Lipinski definition) is 0. The summed E-state index contributed by atoms with van der Waals surface area (Å²) in [4.78, 5) is 13.1. The summed E-state index contributed by atoms with van der Waals surface area (Å²) in [7, 11) is 0. The first-order valence-corrected chi connectivity index (χ1v) is 3.55. The van der Waals surface area contributed by atoms with E-state index in [9.17, 15) is 9.18 Å². The maximum absolute atomic E-state index is 12.4. The van der Waals surface area contributed by atoms with Gasteiger partial charge in [0.05, 0.1) is 0 Å². The van der Waals surface area contributed by atoms with Crippen LogP contribution in [0.1, 0.15) is 5.56 Å². The Balaban J connectivity index is 2.69. The van der Waals surface area contributed by atoms with E-state index in [1.54, 1.807) is 0 Å². The molecular weight excluding hydrogens is 173 g/mol. The second kappa shape index (κ2) is 4.23. The number of halogens is 1. The lowest BCUT2D eigenvalue weighted by atomic mass is 10.1. The van der Waals surface area contributed by atoms with E-state index in [1.165, 1.54) is 24.3 Å². The van der Waals surface area contributed by atoms with Crippen LogP contribution >= 0.6 is 0 Å². The molecule has 1 aromatic carbocycles. The highest BCUT2D eigenvalue weighted by Crippen LogP contribution is 2.04. The van der Waals surface area contributed by atoms with Crippen LogP contribution < -0.4 is 0 Å². The number of carbonyl (C=O) groups is 1. The molecule has 0 saturated heterocycles. The van der Waals surface area contributed by atoms with E-state index >= 15 is 0 Å². The Bertz CT molecular complexity index is 354. The maximum Gasteiger partial charge on any atom is 0.223 e. The van der Waals surface area contributed by atoms with Crippen LogP contribution in [0.25, 0.3) is 10.4 Å². The Hall–Kier alpha value is -1.87. The van der Waals surface area contributed by atoms with Gasteiger partial charge < -0.3 is 0 Å². The lowest BCUT2D eigenvalue weighted by Crippen LogP contribution is -1.97. The smallest absolute Gasteiger partial charge is 0.223 e. The van der Waals surface area contributed by atoms with Gasteiger partial charge in [-0.05, 0) is 28.3 Å². The van der Waals surface area contributed by atoms with Crippen molar-refractivity contribution in [1.82, 2.24) is 0 Å². The highest BCUT2D eigenvalue weighted by molar-refractivity contribution is 5.79. The van der Waals surface area contributed by atoms with Crippen LogP contribution in [0.5, 0.6) is 0 Å².